The van der Waals surface area contributed by atoms with Crippen molar-refractivity contribution in [1.29, 1.82) is 0 Å². The molecule has 1 heterocycles. The van der Waals surface area contributed by atoms with Gasteiger partial charge in [-0.25, -0.2) is 9.69 Å². The second kappa shape index (κ2) is 13.6. The highest BCUT2D eigenvalue weighted by molar-refractivity contribution is 9.10. The number of nitrogens with one attached hydrogen (secondary N) is 1. The molecule has 218 valence electrons. The molecule has 0 unspecified atom stereocenters. The second-order valence-corrected chi connectivity index (χ2v) is 10.7. The van der Waals surface area contributed by atoms with Gasteiger partial charge in [0.15, 0.2) is 11.5 Å². The van der Waals surface area contributed by atoms with Crippen LogP contribution >= 0.6 is 27.5 Å². The van der Waals surface area contributed by atoms with Crippen LogP contribution in [0.4, 0.5) is 10.5 Å². The average Bonchev–Trinajstić information content (AvgIpc) is 3.00. The molecule has 43 heavy (non-hydrogen) atoms. The van der Waals surface area contributed by atoms with Crippen LogP contribution in [0.25, 0.3) is 6.08 Å². The van der Waals surface area contributed by atoms with E-state index in [0.717, 1.165) is 20.5 Å². The lowest BCUT2D eigenvalue weighted by atomic mass is 10.1. The van der Waals surface area contributed by atoms with Crippen LogP contribution < -0.4 is 24.4 Å². The number of carbonyl (C=O) groups is 3. The van der Waals surface area contributed by atoms with Gasteiger partial charge in [0.1, 0.15) is 24.5 Å². The monoisotopic (exact) mass is 660 g/mol. The van der Waals surface area contributed by atoms with Gasteiger partial charge in [-0.05, 0) is 78.7 Å². The Morgan fingerprint density at radius 3 is 2.23 bits per heavy atom. The molecule has 1 aliphatic rings. The molecule has 1 saturated heterocycles. The topological polar surface area (TPSA) is 94.2 Å². The lowest BCUT2D eigenvalue weighted by molar-refractivity contribution is -0.122. The van der Waals surface area contributed by atoms with Crippen molar-refractivity contribution in [3.63, 3.8) is 0 Å². The van der Waals surface area contributed by atoms with Crippen LogP contribution in [0.1, 0.15) is 23.6 Å². The fraction of sp³-hybridized carbons (Fsp3) is 0.121. The molecule has 1 N–H and O–H groups in total. The van der Waals surface area contributed by atoms with Crippen LogP contribution in [0, 0.1) is 0 Å². The summed E-state index contributed by atoms with van der Waals surface area (Å²) in [6.07, 6.45) is 1.36. The molecular formula is C33H26BrClN2O6. The quantitative estimate of drug-likeness (QED) is 0.141. The van der Waals surface area contributed by atoms with Crippen LogP contribution in [-0.4, -0.2) is 24.5 Å². The molecule has 8 nitrogen and oxygen atoms in total. The van der Waals surface area contributed by atoms with Gasteiger partial charge in [0.2, 0.25) is 0 Å². The maximum atomic E-state index is 13.4. The Kier molecular flexibility index (Phi) is 9.44. The normalized spacial score (nSPS) is 14.1. The minimum Gasteiger partial charge on any atom is -0.490 e. The van der Waals surface area contributed by atoms with Crippen molar-refractivity contribution in [2.75, 3.05) is 11.5 Å². The molecule has 4 aromatic rings. The predicted octanol–water partition coefficient (Wildman–Crippen LogP) is 7.33. The number of benzene rings is 4. The Labute approximate surface area is 261 Å². The first kappa shape index (κ1) is 29.9. The van der Waals surface area contributed by atoms with Crippen molar-refractivity contribution in [1.82, 2.24) is 5.32 Å². The highest BCUT2D eigenvalue weighted by Crippen LogP contribution is 2.32. The maximum Gasteiger partial charge on any atom is 0.335 e. The Balaban J connectivity index is 1.36. The third-order valence-corrected chi connectivity index (χ3v) is 7.16. The summed E-state index contributed by atoms with van der Waals surface area (Å²) in [5.74, 6) is -0.0126. The Morgan fingerprint density at radius 1 is 0.791 bits per heavy atom. The number of hydrogen-bond donors (Lipinski definition) is 1. The highest BCUT2D eigenvalue weighted by Gasteiger charge is 2.37. The van der Waals surface area contributed by atoms with E-state index in [1.165, 1.54) is 6.08 Å². The van der Waals surface area contributed by atoms with E-state index in [-0.39, 0.29) is 12.2 Å². The summed E-state index contributed by atoms with van der Waals surface area (Å²) < 4.78 is 18.7. The number of imide groups is 2. The van der Waals surface area contributed by atoms with Crippen molar-refractivity contribution in [3.8, 4) is 17.2 Å². The largest absolute Gasteiger partial charge is 0.490 e. The zero-order chi connectivity index (χ0) is 30.3. The van der Waals surface area contributed by atoms with Gasteiger partial charge in [0.05, 0.1) is 12.3 Å². The molecule has 1 aliphatic heterocycles. The molecule has 5 rings (SSSR count). The molecule has 0 saturated carbocycles. The second-order valence-electron chi connectivity index (χ2n) is 9.39. The first-order valence-electron chi connectivity index (χ1n) is 13.3. The van der Waals surface area contributed by atoms with Crippen molar-refractivity contribution in [2.24, 2.45) is 0 Å². The fourth-order valence-corrected chi connectivity index (χ4v) is 4.77. The van der Waals surface area contributed by atoms with Gasteiger partial charge in [0, 0.05) is 15.1 Å². The van der Waals surface area contributed by atoms with E-state index in [9.17, 15) is 14.4 Å². The fourth-order valence-electron chi connectivity index (χ4n) is 4.33. The smallest absolute Gasteiger partial charge is 0.335 e. The summed E-state index contributed by atoms with van der Waals surface area (Å²) in [6.45, 7) is 2.90. The first-order valence-corrected chi connectivity index (χ1v) is 14.5. The van der Waals surface area contributed by atoms with E-state index in [0.29, 0.717) is 46.7 Å². The summed E-state index contributed by atoms with van der Waals surface area (Å²) in [5.41, 5.74) is 2.31. The maximum absolute atomic E-state index is 13.4. The number of ether oxygens (including phenoxy) is 3. The Bertz CT molecular complexity index is 1690. The number of hydrogen-bond acceptors (Lipinski definition) is 6. The van der Waals surface area contributed by atoms with Crippen molar-refractivity contribution < 1.29 is 28.6 Å². The van der Waals surface area contributed by atoms with E-state index in [1.54, 1.807) is 42.5 Å². The molecule has 0 radical (unpaired) electrons. The average molecular weight is 662 g/mol. The molecule has 0 spiro atoms. The number of carbonyl (C=O) groups excluding carboxylic acids is 3. The van der Waals surface area contributed by atoms with Gasteiger partial charge in [0.25, 0.3) is 11.8 Å². The summed E-state index contributed by atoms with van der Waals surface area (Å²) in [6, 6.07) is 26.0. The molecule has 0 atom stereocenters. The first-order chi connectivity index (χ1) is 20.8. The molecule has 10 heteroatoms. The third-order valence-electron chi connectivity index (χ3n) is 6.40. The zero-order valence-electron chi connectivity index (χ0n) is 23.0. The predicted molar refractivity (Wildman–Crippen MR) is 167 cm³/mol. The van der Waals surface area contributed by atoms with Gasteiger partial charge in [-0.1, -0.05) is 63.9 Å². The van der Waals surface area contributed by atoms with Crippen LogP contribution in [-0.2, 0) is 22.8 Å². The molecule has 0 aliphatic carbocycles. The molecule has 1 fully saturated rings. The minimum atomic E-state index is -0.835. The van der Waals surface area contributed by atoms with Crippen LogP contribution in [0.2, 0.25) is 5.02 Å². The highest BCUT2D eigenvalue weighted by atomic mass is 79.9. The molecule has 0 aromatic heterocycles. The third kappa shape index (κ3) is 7.25. The Morgan fingerprint density at radius 2 is 1.49 bits per heavy atom. The number of halogens is 2. The standard InChI is InChI=1S/C33H26BrClN2O6/c1-2-41-30-16-22(8-14-29(30)43-19-21-6-4-3-5-7-21)20-42-28-15-11-25(35)17-23(28)18-27-31(38)36-33(40)37(32(27)39)26-12-9-24(34)10-13-26/h3-18H,2,19-20H2,1H3,(H,36,38,40)/b27-18+. The van der Waals surface area contributed by atoms with E-state index in [1.807, 2.05) is 55.5 Å². The van der Waals surface area contributed by atoms with Gasteiger partial charge in [-0.3, -0.25) is 14.9 Å². The van der Waals surface area contributed by atoms with Gasteiger partial charge >= 0.3 is 6.03 Å². The number of barbiturate groups is 1. The molecular weight excluding hydrogens is 636 g/mol. The van der Waals surface area contributed by atoms with Crippen LogP contribution in [0.3, 0.4) is 0 Å². The van der Waals surface area contributed by atoms with E-state index < -0.39 is 17.8 Å². The summed E-state index contributed by atoms with van der Waals surface area (Å²) in [7, 11) is 0. The zero-order valence-corrected chi connectivity index (χ0v) is 25.4. The van der Waals surface area contributed by atoms with E-state index >= 15 is 0 Å². The molecule has 0 bridgehead atoms. The van der Waals surface area contributed by atoms with Crippen molar-refractivity contribution in [2.45, 2.75) is 20.1 Å². The summed E-state index contributed by atoms with van der Waals surface area (Å²) >= 11 is 9.60. The van der Waals surface area contributed by atoms with Crippen LogP contribution in [0.5, 0.6) is 17.2 Å². The van der Waals surface area contributed by atoms with Gasteiger partial charge in [-0.2, -0.15) is 0 Å². The van der Waals surface area contributed by atoms with Gasteiger partial charge in [-0.15, -0.1) is 0 Å². The number of urea groups is 1. The summed E-state index contributed by atoms with van der Waals surface area (Å²) in [4.78, 5) is 39.6. The number of amides is 4. The number of anilines is 1. The summed E-state index contributed by atoms with van der Waals surface area (Å²) in [5, 5.41) is 2.60. The minimum absolute atomic E-state index is 0.153. The van der Waals surface area contributed by atoms with E-state index in [2.05, 4.69) is 21.2 Å². The molecule has 4 amide bonds. The van der Waals surface area contributed by atoms with Crippen molar-refractivity contribution in [3.05, 3.63) is 123 Å². The van der Waals surface area contributed by atoms with E-state index in [4.69, 9.17) is 25.8 Å². The number of rotatable bonds is 10. The number of nitrogens with zero attached hydrogens (tertiary/aromatic N) is 1. The van der Waals surface area contributed by atoms with Gasteiger partial charge < -0.3 is 14.2 Å². The lowest BCUT2D eigenvalue weighted by Crippen LogP contribution is -2.54. The van der Waals surface area contributed by atoms with Crippen LogP contribution in [0.15, 0.2) is 101 Å². The molecule has 4 aromatic carbocycles. The Hall–Kier alpha value is -4.60. The lowest BCUT2D eigenvalue weighted by Gasteiger charge is -2.26. The van der Waals surface area contributed by atoms with Crippen molar-refractivity contribution >= 4 is 57.1 Å². The SMILES string of the molecule is CCOc1cc(COc2ccc(Cl)cc2/C=C2\C(=O)NC(=O)N(c3ccc(Br)cc3)C2=O)ccc1OCc1ccccc1.